The van der Waals surface area contributed by atoms with Crippen LogP contribution >= 0.6 is 24.0 Å². The van der Waals surface area contributed by atoms with Crippen molar-refractivity contribution in [2.75, 3.05) is 24.5 Å². The molecule has 2 aliphatic heterocycles. The second-order valence-corrected chi connectivity index (χ2v) is 11.4. The predicted molar refractivity (Wildman–Crippen MR) is 151 cm³/mol. The SMILES string of the molecule is CCCCCCN1C(=O)C(=Cc2c(C)c(C#N)c(=O)n(CCCC)c2N2CC(C)OC(C)C2)SC1=S. The third kappa shape index (κ3) is 6.21. The number of morpholine rings is 1. The minimum atomic E-state index is -0.272. The van der Waals surface area contributed by atoms with Crippen molar-refractivity contribution in [2.24, 2.45) is 0 Å². The minimum Gasteiger partial charge on any atom is -0.372 e. The molecule has 2 atom stereocenters. The molecule has 0 bridgehead atoms. The maximum Gasteiger partial charge on any atom is 0.270 e. The van der Waals surface area contributed by atoms with Gasteiger partial charge in [-0.05, 0) is 45.3 Å². The van der Waals surface area contributed by atoms with Gasteiger partial charge in [0, 0.05) is 31.7 Å². The maximum atomic E-state index is 13.4. The van der Waals surface area contributed by atoms with Gasteiger partial charge in [-0.15, -0.1) is 0 Å². The van der Waals surface area contributed by atoms with E-state index in [1.165, 1.54) is 11.8 Å². The molecule has 2 aliphatic rings. The molecule has 7 nitrogen and oxygen atoms in total. The zero-order chi connectivity index (χ0) is 26.4. The highest BCUT2D eigenvalue weighted by molar-refractivity contribution is 8.26. The zero-order valence-electron chi connectivity index (χ0n) is 22.1. The monoisotopic (exact) mass is 530 g/mol. The first-order chi connectivity index (χ1) is 17.2. The Balaban J connectivity index is 2.12. The molecule has 3 heterocycles. The van der Waals surface area contributed by atoms with Gasteiger partial charge in [-0.1, -0.05) is 63.5 Å². The van der Waals surface area contributed by atoms with Crippen molar-refractivity contribution < 1.29 is 9.53 Å². The molecule has 3 rings (SSSR count). The zero-order valence-corrected chi connectivity index (χ0v) is 23.8. The molecule has 36 heavy (non-hydrogen) atoms. The van der Waals surface area contributed by atoms with Gasteiger partial charge in [-0.2, -0.15) is 5.26 Å². The number of hydrogen-bond donors (Lipinski definition) is 0. The summed E-state index contributed by atoms with van der Waals surface area (Å²) in [6, 6.07) is 2.13. The van der Waals surface area contributed by atoms with Crippen molar-refractivity contribution in [3.63, 3.8) is 0 Å². The highest BCUT2D eigenvalue weighted by Gasteiger charge is 2.34. The van der Waals surface area contributed by atoms with Gasteiger partial charge in [-0.25, -0.2) is 0 Å². The molecule has 2 saturated heterocycles. The number of thiocarbonyl (C=S) groups is 1. The van der Waals surface area contributed by atoms with Crippen LogP contribution in [0.4, 0.5) is 5.82 Å². The van der Waals surface area contributed by atoms with Crippen molar-refractivity contribution in [2.45, 2.75) is 91.9 Å². The van der Waals surface area contributed by atoms with Gasteiger partial charge in [0.15, 0.2) is 0 Å². The molecule has 0 N–H and O–H groups in total. The van der Waals surface area contributed by atoms with E-state index in [9.17, 15) is 14.9 Å². The lowest BCUT2D eigenvalue weighted by molar-refractivity contribution is -0.122. The van der Waals surface area contributed by atoms with Crippen LogP contribution in [0.25, 0.3) is 6.08 Å². The summed E-state index contributed by atoms with van der Waals surface area (Å²) in [6.07, 6.45) is 7.83. The lowest BCUT2D eigenvalue weighted by atomic mass is 10.0. The van der Waals surface area contributed by atoms with Crippen LogP contribution in [-0.2, 0) is 16.1 Å². The maximum absolute atomic E-state index is 13.4. The van der Waals surface area contributed by atoms with Gasteiger partial charge in [0.25, 0.3) is 11.5 Å². The van der Waals surface area contributed by atoms with E-state index < -0.39 is 0 Å². The minimum absolute atomic E-state index is 0.00592. The van der Waals surface area contributed by atoms with Crippen LogP contribution in [0.3, 0.4) is 0 Å². The predicted octanol–water partition coefficient (Wildman–Crippen LogP) is 5.22. The lowest BCUT2D eigenvalue weighted by Crippen LogP contribution is -2.48. The fourth-order valence-electron chi connectivity index (χ4n) is 4.88. The summed E-state index contributed by atoms with van der Waals surface area (Å²) in [7, 11) is 0. The Hall–Kier alpha value is -2.15. The summed E-state index contributed by atoms with van der Waals surface area (Å²) in [5, 5.41) is 9.88. The average Bonchev–Trinajstić information content (AvgIpc) is 3.09. The number of hydrogen-bond acceptors (Lipinski definition) is 7. The lowest BCUT2D eigenvalue weighted by Gasteiger charge is -2.39. The molecule has 196 valence electrons. The largest absolute Gasteiger partial charge is 0.372 e. The summed E-state index contributed by atoms with van der Waals surface area (Å²) < 4.78 is 8.26. The molecule has 0 saturated carbocycles. The van der Waals surface area contributed by atoms with E-state index in [4.69, 9.17) is 17.0 Å². The van der Waals surface area contributed by atoms with Crippen LogP contribution < -0.4 is 10.5 Å². The van der Waals surface area contributed by atoms with Crippen molar-refractivity contribution in [3.8, 4) is 6.07 Å². The van der Waals surface area contributed by atoms with Crippen LogP contribution in [0.1, 0.15) is 82.9 Å². The summed E-state index contributed by atoms with van der Waals surface area (Å²) >= 11 is 6.86. The van der Waals surface area contributed by atoms with E-state index in [2.05, 4.69) is 24.8 Å². The van der Waals surface area contributed by atoms with E-state index in [0.717, 1.165) is 49.9 Å². The fraction of sp³-hybridized carbons (Fsp3) is 0.630. The molecule has 1 aromatic rings. The first-order valence-electron chi connectivity index (χ1n) is 13.1. The first kappa shape index (κ1) is 28.4. The highest BCUT2D eigenvalue weighted by Crippen LogP contribution is 2.36. The van der Waals surface area contributed by atoms with Gasteiger partial charge >= 0.3 is 0 Å². The number of nitrogens with zero attached hydrogens (tertiary/aromatic N) is 4. The topological polar surface area (TPSA) is 78.6 Å². The number of amides is 1. The number of thioether (sulfide) groups is 1. The number of nitriles is 1. The molecule has 0 radical (unpaired) electrons. The van der Waals surface area contributed by atoms with Gasteiger partial charge in [0.05, 0.1) is 17.1 Å². The summed E-state index contributed by atoms with van der Waals surface area (Å²) in [5.74, 6) is 0.667. The fourth-order valence-corrected chi connectivity index (χ4v) is 6.17. The van der Waals surface area contributed by atoms with Gasteiger partial charge in [0.2, 0.25) is 0 Å². The number of anilines is 1. The van der Waals surface area contributed by atoms with Crippen molar-refractivity contribution in [1.82, 2.24) is 9.47 Å². The molecule has 9 heteroatoms. The molecule has 0 aromatic carbocycles. The van der Waals surface area contributed by atoms with Crippen LogP contribution in [0.5, 0.6) is 0 Å². The second-order valence-electron chi connectivity index (χ2n) is 9.72. The number of pyridine rings is 1. The van der Waals surface area contributed by atoms with E-state index in [1.807, 2.05) is 19.9 Å². The number of aromatic nitrogens is 1. The van der Waals surface area contributed by atoms with Crippen LogP contribution in [0.15, 0.2) is 9.70 Å². The second kappa shape index (κ2) is 12.9. The third-order valence-electron chi connectivity index (χ3n) is 6.69. The molecule has 0 aliphatic carbocycles. The number of carbonyl (C=O) groups is 1. The van der Waals surface area contributed by atoms with Crippen LogP contribution in [0.2, 0.25) is 0 Å². The van der Waals surface area contributed by atoms with Crippen LogP contribution in [-0.4, -0.2) is 51.5 Å². The van der Waals surface area contributed by atoms with E-state index in [1.54, 1.807) is 16.4 Å². The van der Waals surface area contributed by atoms with Gasteiger partial charge in [0.1, 0.15) is 21.8 Å². The molecule has 2 unspecified atom stereocenters. The third-order valence-corrected chi connectivity index (χ3v) is 8.06. The van der Waals surface area contributed by atoms with E-state index >= 15 is 0 Å². The average molecular weight is 531 g/mol. The Morgan fingerprint density at radius 2 is 1.75 bits per heavy atom. The first-order valence-corrected chi connectivity index (χ1v) is 14.3. The number of rotatable bonds is 10. The summed E-state index contributed by atoms with van der Waals surface area (Å²) in [5.41, 5.74) is 1.21. The normalized spacial score (nSPS) is 21.5. The number of unbranched alkanes of at least 4 members (excludes halogenated alkanes) is 4. The smallest absolute Gasteiger partial charge is 0.270 e. The molecule has 1 amide bonds. The van der Waals surface area contributed by atoms with Crippen molar-refractivity contribution >= 4 is 46.1 Å². The summed E-state index contributed by atoms with van der Waals surface area (Å²) in [4.78, 5) is 31.2. The highest BCUT2D eigenvalue weighted by atomic mass is 32.2. The van der Waals surface area contributed by atoms with E-state index in [-0.39, 0.29) is 29.2 Å². The Morgan fingerprint density at radius 3 is 2.36 bits per heavy atom. The van der Waals surface area contributed by atoms with Crippen molar-refractivity contribution in [3.05, 3.63) is 31.9 Å². The number of ether oxygens (including phenoxy) is 1. The molecule has 1 aromatic heterocycles. The quantitative estimate of drug-likeness (QED) is 0.233. The molecular weight excluding hydrogens is 492 g/mol. The molecule has 2 fully saturated rings. The van der Waals surface area contributed by atoms with Crippen LogP contribution in [0, 0.1) is 18.3 Å². The Morgan fingerprint density at radius 1 is 1.08 bits per heavy atom. The Labute approximate surface area is 224 Å². The van der Waals surface area contributed by atoms with Crippen molar-refractivity contribution in [1.29, 1.82) is 5.26 Å². The summed E-state index contributed by atoms with van der Waals surface area (Å²) in [6.45, 7) is 12.5. The standard InChI is InChI=1S/C27H38N4O3S2/c1-6-8-10-11-13-31-26(33)23(36-27(31)35)14-21-20(5)22(15-28)25(32)30(12-9-7-2)24(21)29-16-18(3)34-19(4)17-29/h14,18-19H,6-13,16-17H2,1-5H3. The molecule has 0 spiro atoms. The Bertz CT molecular complexity index is 1110. The number of carbonyl (C=O) groups excluding carboxylic acids is 1. The van der Waals surface area contributed by atoms with Gasteiger partial charge < -0.3 is 9.64 Å². The molecular formula is C27H38N4O3S2. The Kier molecular flexibility index (Phi) is 10.2. The van der Waals surface area contributed by atoms with Gasteiger partial charge in [-0.3, -0.25) is 19.1 Å². The van der Waals surface area contributed by atoms with E-state index in [0.29, 0.717) is 41.0 Å².